The predicted molar refractivity (Wildman–Crippen MR) is 73.0 cm³/mol. The molecule has 0 bridgehead atoms. The van der Waals surface area contributed by atoms with E-state index >= 15 is 0 Å². The third-order valence-electron chi connectivity index (χ3n) is 2.78. The highest BCUT2D eigenvalue weighted by atomic mass is 79.9. The van der Waals surface area contributed by atoms with Gasteiger partial charge >= 0.3 is 0 Å². The second kappa shape index (κ2) is 4.80. The fourth-order valence-electron chi connectivity index (χ4n) is 1.83. The van der Waals surface area contributed by atoms with Gasteiger partial charge in [-0.1, -0.05) is 17.7 Å². The first-order valence-corrected chi connectivity index (χ1v) is 7.84. The summed E-state index contributed by atoms with van der Waals surface area (Å²) in [5.74, 6) is -0.297. The van der Waals surface area contributed by atoms with E-state index in [0.29, 0.717) is 15.2 Å². The number of carbonyl (C=O) groups excluding carboxylic acids is 1. The number of hydrogen-bond donors (Lipinski definition) is 1. The van der Waals surface area contributed by atoms with Gasteiger partial charge in [0, 0.05) is 17.4 Å². The van der Waals surface area contributed by atoms with Crippen molar-refractivity contribution in [1.29, 1.82) is 0 Å². The molecule has 1 aliphatic rings. The molecule has 1 aromatic rings. The van der Waals surface area contributed by atoms with E-state index in [9.17, 15) is 13.2 Å². The molecule has 1 fully saturated rings. The molecule has 1 aliphatic heterocycles. The summed E-state index contributed by atoms with van der Waals surface area (Å²) in [6.45, 7) is 0.0356. The number of amides is 1. The predicted octanol–water partition coefficient (Wildman–Crippen LogP) is 1.50. The molecule has 1 unspecified atom stereocenters. The van der Waals surface area contributed by atoms with Crippen LogP contribution in [0.15, 0.2) is 22.7 Å². The molecular weight excluding hydrogens is 344 g/mol. The molecule has 1 saturated heterocycles. The number of benzene rings is 1. The zero-order valence-electron chi connectivity index (χ0n) is 9.14. The monoisotopic (exact) mass is 352 g/mol. The lowest BCUT2D eigenvalue weighted by atomic mass is 10.3. The molecule has 1 atom stereocenters. The molecule has 5 nitrogen and oxygen atoms in total. The molecule has 1 heterocycles. The molecule has 1 amide bonds. The van der Waals surface area contributed by atoms with Gasteiger partial charge in [-0.3, -0.25) is 4.79 Å². The van der Waals surface area contributed by atoms with Crippen LogP contribution in [0.5, 0.6) is 0 Å². The summed E-state index contributed by atoms with van der Waals surface area (Å²) in [4.78, 5) is 13.2. The number of nitrogens with two attached hydrogens (primary N) is 1. The number of sulfonamides is 1. The van der Waals surface area contributed by atoms with E-state index in [0.717, 1.165) is 0 Å². The molecule has 0 aliphatic carbocycles. The van der Waals surface area contributed by atoms with Gasteiger partial charge in [-0.25, -0.2) is 13.6 Å². The molecule has 0 radical (unpaired) electrons. The second-order valence-corrected chi connectivity index (χ2v) is 7.07. The molecule has 98 valence electrons. The standard InChI is InChI=1S/C10H10BrClN2O3S/c11-7-2-1-3-8(10(7)12)14-5-6(4-9(14)15)18(13,16)17/h1-3,6H,4-5H2,(H2,13,16,17). The maximum Gasteiger partial charge on any atom is 0.228 e. The van der Waals surface area contributed by atoms with Crippen LogP contribution >= 0.6 is 27.5 Å². The Morgan fingerprint density at radius 2 is 2.11 bits per heavy atom. The Kier molecular flexibility index (Phi) is 3.68. The largest absolute Gasteiger partial charge is 0.309 e. The lowest BCUT2D eigenvalue weighted by Crippen LogP contribution is -2.32. The summed E-state index contributed by atoms with van der Waals surface area (Å²) in [5, 5.41) is 4.56. The van der Waals surface area contributed by atoms with Gasteiger partial charge in [-0.2, -0.15) is 0 Å². The van der Waals surface area contributed by atoms with Crippen molar-refractivity contribution in [3.8, 4) is 0 Å². The van der Waals surface area contributed by atoms with Crippen LogP contribution in [0, 0.1) is 0 Å². The van der Waals surface area contributed by atoms with E-state index in [2.05, 4.69) is 15.9 Å². The summed E-state index contributed by atoms with van der Waals surface area (Å²) >= 11 is 9.33. The second-order valence-electron chi connectivity index (χ2n) is 3.99. The molecule has 2 rings (SSSR count). The van der Waals surface area contributed by atoms with E-state index in [1.807, 2.05) is 0 Å². The van der Waals surface area contributed by atoms with Crippen molar-refractivity contribution >= 4 is 49.1 Å². The van der Waals surface area contributed by atoms with Gasteiger partial charge in [0.2, 0.25) is 15.9 Å². The molecule has 0 saturated carbocycles. The highest BCUT2D eigenvalue weighted by molar-refractivity contribution is 9.10. The Labute approximate surface area is 118 Å². The highest BCUT2D eigenvalue weighted by Crippen LogP contribution is 2.35. The van der Waals surface area contributed by atoms with Crippen LogP contribution in [0.4, 0.5) is 5.69 Å². The van der Waals surface area contributed by atoms with Gasteiger partial charge in [0.05, 0.1) is 10.7 Å². The lowest BCUT2D eigenvalue weighted by Gasteiger charge is -2.18. The smallest absolute Gasteiger partial charge is 0.228 e. The van der Waals surface area contributed by atoms with Gasteiger partial charge in [0.25, 0.3) is 0 Å². The number of halogens is 2. The topological polar surface area (TPSA) is 80.5 Å². The summed E-state index contributed by atoms with van der Waals surface area (Å²) in [7, 11) is -3.72. The number of nitrogens with zero attached hydrogens (tertiary/aromatic N) is 1. The minimum atomic E-state index is -3.72. The Morgan fingerprint density at radius 1 is 1.44 bits per heavy atom. The van der Waals surface area contributed by atoms with Crippen LogP contribution in [-0.4, -0.2) is 26.1 Å². The van der Waals surface area contributed by atoms with Crippen LogP contribution in [0.3, 0.4) is 0 Å². The fraction of sp³-hybridized carbons (Fsp3) is 0.300. The third kappa shape index (κ3) is 2.54. The molecule has 8 heteroatoms. The molecule has 2 N–H and O–H groups in total. The first kappa shape index (κ1) is 13.8. The Bertz CT molecular complexity index is 605. The number of anilines is 1. The van der Waals surface area contributed by atoms with Gasteiger partial charge in [0.1, 0.15) is 5.25 Å². The summed E-state index contributed by atoms with van der Waals surface area (Å²) in [5.41, 5.74) is 0.488. The third-order valence-corrected chi connectivity index (χ3v) is 5.31. The first-order chi connectivity index (χ1) is 8.30. The zero-order valence-corrected chi connectivity index (χ0v) is 12.3. The van der Waals surface area contributed by atoms with Crippen LogP contribution in [0.25, 0.3) is 0 Å². The Morgan fingerprint density at radius 3 is 2.67 bits per heavy atom. The van der Waals surface area contributed by atoms with E-state index in [4.69, 9.17) is 16.7 Å². The van der Waals surface area contributed by atoms with Crippen molar-refractivity contribution in [2.24, 2.45) is 5.14 Å². The van der Waals surface area contributed by atoms with Crippen molar-refractivity contribution in [2.75, 3.05) is 11.4 Å². The normalized spacial score (nSPS) is 20.5. The molecule has 0 aromatic heterocycles. The highest BCUT2D eigenvalue weighted by Gasteiger charge is 2.37. The summed E-state index contributed by atoms with van der Waals surface area (Å²) in [6.07, 6.45) is -0.109. The average molecular weight is 354 g/mol. The van der Waals surface area contributed by atoms with E-state index in [-0.39, 0.29) is 18.9 Å². The minimum absolute atomic E-state index is 0.0356. The molecule has 1 aromatic carbocycles. The van der Waals surface area contributed by atoms with Crippen molar-refractivity contribution in [2.45, 2.75) is 11.7 Å². The van der Waals surface area contributed by atoms with Crippen molar-refractivity contribution in [1.82, 2.24) is 0 Å². The van der Waals surface area contributed by atoms with E-state index in [1.165, 1.54) is 4.90 Å². The van der Waals surface area contributed by atoms with Crippen molar-refractivity contribution in [3.63, 3.8) is 0 Å². The molecule has 0 spiro atoms. The van der Waals surface area contributed by atoms with Crippen molar-refractivity contribution < 1.29 is 13.2 Å². The number of carbonyl (C=O) groups is 1. The summed E-state index contributed by atoms with van der Waals surface area (Å²) < 4.78 is 23.2. The number of primary sulfonamides is 1. The van der Waals surface area contributed by atoms with Crippen LogP contribution in [-0.2, 0) is 14.8 Å². The van der Waals surface area contributed by atoms with Gasteiger partial charge in [-0.15, -0.1) is 0 Å². The maximum absolute atomic E-state index is 11.8. The summed E-state index contributed by atoms with van der Waals surface area (Å²) in [6, 6.07) is 5.13. The average Bonchev–Trinajstić information content (AvgIpc) is 2.64. The quantitative estimate of drug-likeness (QED) is 0.875. The number of hydrogen-bond acceptors (Lipinski definition) is 3. The molecular formula is C10H10BrClN2O3S. The maximum atomic E-state index is 11.8. The van der Waals surface area contributed by atoms with Crippen LogP contribution in [0.1, 0.15) is 6.42 Å². The van der Waals surface area contributed by atoms with Crippen LogP contribution < -0.4 is 10.0 Å². The van der Waals surface area contributed by atoms with Gasteiger partial charge in [0.15, 0.2) is 0 Å². The SMILES string of the molecule is NS(=O)(=O)C1CC(=O)N(c2cccc(Br)c2Cl)C1. The molecule has 18 heavy (non-hydrogen) atoms. The van der Waals surface area contributed by atoms with Gasteiger partial charge in [-0.05, 0) is 28.1 Å². The number of rotatable bonds is 2. The first-order valence-electron chi connectivity index (χ1n) is 5.06. The van der Waals surface area contributed by atoms with Crippen molar-refractivity contribution in [3.05, 3.63) is 27.7 Å². The van der Waals surface area contributed by atoms with Gasteiger partial charge < -0.3 is 4.90 Å². The van der Waals surface area contributed by atoms with Crippen LogP contribution in [0.2, 0.25) is 5.02 Å². The zero-order chi connectivity index (χ0) is 13.5. The lowest BCUT2D eigenvalue weighted by molar-refractivity contribution is -0.117. The Balaban J connectivity index is 2.36. The fourth-order valence-corrected chi connectivity index (χ4v) is 3.14. The van der Waals surface area contributed by atoms with E-state index in [1.54, 1.807) is 18.2 Å². The minimum Gasteiger partial charge on any atom is -0.309 e. The Hall–Kier alpha value is -0.630. The van der Waals surface area contributed by atoms with E-state index < -0.39 is 15.3 Å².